The largest absolute Gasteiger partial charge is 0.493 e. The molecule has 1 N–H and O–H groups in total. The molecule has 1 heterocycles. The zero-order valence-electron chi connectivity index (χ0n) is 22.0. The second-order valence-electron chi connectivity index (χ2n) is 9.58. The Balaban J connectivity index is 1.71. The third-order valence-corrected chi connectivity index (χ3v) is 7.07. The molecule has 2 aliphatic rings. The van der Waals surface area contributed by atoms with E-state index in [0.717, 1.165) is 16.8 Å². The summed E-state index contributed by atoms with van der Waals surface area (Å²) >= 11 is 0. The summed E-state index contributed by atoms with van der Waals surface area (Å²) in [6, 6.07) is 9.98. The van der Waals surface area contributed by atoms with Crippen molar-refractivity contribution in [3.05, 3.63) is 81.2 Å². The third kappa shape index (κ3) is 4.90. The Hall–Kier alpha value is -3.54. The topological polar surface area (TPSA) is 73.9 Å². The minimum Gasteiger partial charge on any atom is -0.493 e. The van der Waals surface area contributed by atoms with Crippen LogP contribution < -0.4 is 14.8 Å². The fraction of sp³-hybridized carbons (Fsp3) is 0.400. The molecule has 0 aromatic heterocycles. The van der Waals surface area contributed by atoms with E-state index in [2.05, 4.69) is 44.3 Å². The normalized spacial score (nSPS) is 19.3. The Kier molecular flexibility index (Phi) is 7.53. The number of hydrogen-bond donors (Lipinski definition) is 1. The number of rotatable bonds is 7. The summed E-state index contributed by atoms with van der Waals surface area (Å²) in [5.41, 5.74) is 7.61. The molecule has 1 aliphatic heterocycles. The van der Waals surface area contributed by atoms with Crippen molar-refractivity contribution in [3.63, 3.8) is 0 Å². The standard InChI is InChI=1S/C30H35NO5/c1-7-35-30(33)27-20(5)31-23-9-8-10-24(32)29(23)28(27)21-11-12-25(26(15-21)34-6)36-16-22-18(3)13-17(2)14-19(22)4/h9,11-15,28-29,31H,7-8,10,16H2,1-6H3. The highest BCUT2D eigenvalue weighted by Crippen LogP contribution is 2.45. The highest BCUT2D eigenvalue weighted by molar-refractivity contribution is 5.96. The first-order valence-electron chi connectivity index (χ1n) is 12.5. The van der Waals surface area contributed by atoms with Gasteiger partial charge in [-0.25, -0.2) is 4.79 Å². The van der Waals surface area contributed by atoms with E-state index in [1.54, 1.807) is 14.0 Å². The Morgan fingerprint density at radius 1 is 1.03 bits per heavy atom. The molecule has 0 saturated carbocycles. The van der Waals surface area contributed by atoms with Crippen molar-refractivity contribution >= 4 is 11.8 Å². The van der Waals surface area contributed by atoms with Crippen molar-refractivity contribution in [2.75, 3.05) is 13.7 Å². The number of benzene rings is 2. The predicted molar refractivity (Wildman–Crippen MR) is 139 cm³/mol. The zero-order chi connectivity index (χ0) is 26.0. The van der Waals surface area contributed by atoms with Gasteiger partial charge in [-0.2, -0.15) is 0 Å². The number of nitrogens with one attached hydrogen (secondary N) is 1. The molecule has 36 heavy (non-hydrogen) atoms. The van der Waals surface area contributed by atoms with Crippen LogP contribution in [0, 0.1) is 26.7 Å². The lowest BCUT2D eigenvalue weighted by Gasteiger charge is -2.38. The van der Waals surface area contributed by atoms with Crippen molar-refractivity contribution in [3.8, 4) is 11.5 Å². The first-order valence-corrected chi connectivity index (χ1v) is 12.5. The van der Waals surface area contributed by atoms with E-state index in [0.29, 0.717) is 42.2 Å². The van der Waals surface area contributed by atoms with Crippen molar-refractivity contribution in [1.29, 1.82) is 0 Å². The molecule has 6 heteroatoms. The average molecular weight is 490 g/mol. The lowest BCUT2D eigenvalue weighted by Crippen LogP contribution is -2.40. The van der Waals surface area contributed by atoms with Gasteiger partial charge in [0.2, 0.25) is 0 Å². The van der Waals surface area contributed by atoms with Gasteiger partial charge in [0, 0.05) is 23.7 Å². The van der Waals surface area contributed by atoms with Crippen molar-refractivity contribution < 1.29 is 23.8 Å². The summed E-state index contributed by atoms with van der Waals surface area (Å²) in [6.07, 6.45) is 3.21. The minimum atomic E-state index is -0.464. The SMILES string of the molecule is CCOC(=O)C1=C(C)NC2=CCCC(=O)C2C1c1ccc(OCc2c(C)cc(C)cc2C)c(OC)c1. The number of Topliss-reactive ketones (excluding diaryl/α,β-unsaturated/α-hetero) is 1. The smallest absolute Gasteiger partial charge is 0.336 e. The quantitative estimate of drug-likeness (QED) is 0.512. The average Bonchev–Trinajstić information content (AvgIpc) is 2.82. The van der Waals surface area contributed by atoms with Gasteiger partial charge in [-0.15, -0.1) is 0 Å². The van der Waals surface area contributed by atoms with Crippen molar-refractivity contribution in [2.24, 2.45) is 5.92 Å². The van der Waals surface area contributed by atoms with E-state index in [-0.39, 0.29) is 12.4 Å². The van der Waals surface area contributed by atoms with Gasteiger partial charge in [0.15, 0.2) is 11.5 Å². The molecular weight excluding hydrogens is 454 g/mol. The van der Waals surface area contributed by atoms with Gasteiger partial charge in [0.05, 0.1) is 25.2 Å². The number of fused-ring (bicyclic) bond motifs is 1. The first kappa shape index (κ1) is 25.5. The number of allylic oxidation sites excluding steroid dienone is 3. The monoisotopic (exact) mass is 489 g/mol. The van der Waals surface area contributed by atoms with E-state index < -0.39 is 17.8 Å². The molecule has 0 spiro atoms. The van der Waals surface area contributed by atoms with Gasteiger partial charge in [-0.1, -0.05) is 29.8 Å². The lowest BCUT2D eigenvalue weighted by atomic mass is 9.71. The maximum atomic E-state index is 13.1. The Morgan fingerprint density at radius 2 is 1.75 bits per heavy atom. The highest BCUT2D eigenvalue weighted by Gasteiger charge is 2.43. The van der Waals surface area contributed by atoms with Crippen LogP contribution >= 0.6 is 0 Å². The predicted octanol–water partition coefficient (Wildman–Crippen LogP) is 5.59. The number of ketones is 1. The van der Waals surface area contributed by atoms with Gasteiger partial charge in [-0.05, 0) is 75.4 Å². The van der Waals surface area contributed by atoms with E-state index >= 15 is 0 Å². The summed E-state index contributed by atoms with van der Waals surface area (Å²) in [6.45, 7) is 10.6. The molecule has 0 bridgehead atoms. The van der Waals surface area contributed by atoms with Crippen LogP contribution in [0.25, 0.3) is 0 Å². The molecule has 190 valence electrons. The van der Waals surface area contributed by atoms with E-state index in [4.69, 9.17) is 14.2 Å². The molecule has 0 fully saturated rings. The van der Waals surface area contributed by atoms with Crippen molar-refractivity contribution in [2.45, 2.75) is 60.0 Å². The number of esters is 1. The van der Waals surface area contributed by atoms with Gasteiger partial charge in [0.1, 0.15) is 12.4 Å². The number of methoxy groups -OCH3 is 1. The zero-order valence-corrected chi connectivity index (χ0v) is 22.0. The Morgan fingerprint density at radius 3 is 2.42 bits per heavy atom. The first-order chi connectivity index (χ1) is 17.2. The molecule has 0 radical (unpaired) electrons. The minimum absolute atomic E-state index is 0.115. The maximum absolute atomic E-state index is 13.1. The Labute approximate surface area is 213 Å². The van der Waals surface area contributed by atoms with Crippen LogP contribution in [-0.2, 0) is 20.9 Å². The van der Waals surface area contributed by atoms with Gasteiger partial charge >= 0.3 is 5.97 Å². The molecule has 6 nitrogen and oxygen atoms in total. The molecular formula is C30H35NO5. The van der Waals surface area contributed by atoms with Crippen LogP contribution in [0.1, 0.15) is 60.4 Å². The van der Waals surface area contributed by atoms with Gasteiger partial charge in [-0.3, -0.25) is 4.79 Å². The molecule has 0 saturated heterocycles. The highest BCUT2D eigenvalue weighted by atomic mass is 16.5. The van der Waals surface area contributed by atoms with Crippen LogP contribution in [-0.4, -0.2) is 25.5 Å². The summed E-state index contributed by atoms with van der Waals surface area (Å²) in [5.74, 6) is -0.0506. The number of carbonyl (C=O) groups excluding carboxylic acids is 2. The molecule has 2 aromatic carbocycles. The van der Waals surface area contributed by atoms with Gasteiger partial charge < -0.3 is 19.5 Å². The van der Waals surface area contributed by atoms with Crippen LogP contribution in [0.2, 0.25) is 0 Å². The Bertz CT molecular complexity index is 1230. The second-order valence-corrected chi connectivity index (χ2v) is 9.58. The van der Waals surface area contributed by atoms with Crippen LogP contribution in [0.4, 0.5) is 0 Å². The number of hydrogen-bond acceptors (Lipinski definition) is 6. The molecule has 2 unspecified atom stereocenters. The van der Waals surface area contributed by atoms with Crippen molar-refractivity contribution in [1.82, 2.24) is 5.32 Å². The summed E-state index contributed by atoms with van der Waals surface area (Å²) in [4.78, 5) is 26.1. The molecule has 1 aliphatic carbocycles. The van der Waals surface area contributed by atoms with Crippen LogP contribution in [0.5, 0.6) is 11.5 Å². The van der Waals surface area contributed by atoms with E-state index in [1.165, 1.54) is 16.7 Å². The second kappa shape index (κ2) is 10.6. The molecule has 2 aromatic rings. The van der Waals surface area contributed by atoms with Gasteiger partial charge in [0.25, 0.3) is 0 Å². The van der Waals surface area contributed by atoms with E-state index in [1.807, 2.05) is 25.1 Å². The number of carbonyl (C=O) groups is 2. The number of ether oxygens (including phenoxy) is 3. The fourth-order valence-electron chi connectivity index (χ4n) is 5.44. The van der Waals surface area contributed by atoms with Crippen LogP contribution in [0.3, 0.4) is 0 Å². The molecule has 0 amide bonds. The van der Waals surface area contributed by atoms with Crippen LogP contribution in [0.15, 0.2) is 53.4 Å². The fourth-order valence-corrected chi connectivity index (χ4v) is 5.44. The molecule has 4 rings (SSSR count). The summed E-state index contributed by atoms with van der Waals surface area (Å²) in [7, 11) is 1.60. The summed E-state index contributed by atoms with van der Waals surface area (Å²) < 4.78 is 17.3. The van der Waals surface area contributed by atoms with E-state index in [9.17, 15) is 9.59 Å². The molecule has 2 atom stereocenters. The number of aryl methyl sites for hydroxylation is 3. The third-order valence-electron chi connectivity index (χ3n) is 7.07. The maximum Gasteiger partial charge on any atom is 0.336 e. The lowest BCUT2D eigenvalue weighted by molar-refractivity contribution is -0.139. The summed E-state index contributed by atoms with van der Waals surface area (Å²) in [5, 5.41) is 3.29.